The molecule has 0 unspecified atom stereocenters. The van der Waals surface area contributed by atoms with E-state index in [9.17, 15) is 9.59 Å². The molecule has 6 heteroatoms. The molecule has 138 valence electrons. The first-order chi connectivity index (χ1) is 13.1. The normalized spacial score (nSPS) is 11.6. The van der Waals surface area contributed by atoms with Gasteiger partial charge in [0.2, 0.25) is 0 Å². The molecular formula is C21H21N3O3. The number of ether oxygens (including phenoxy) is 1. The van der Waals surface area contributed by atoms with Gasteiger partial charge in [-0.1, -0.05) is 48.5 Å². The van der Waals surface area contributed by atoms with Gasteiger partial charge in [0.15, 0.2) is 0 Å². The average molecular weight is 363 g/mol. The van der Waals surface area contributed by atoms with Gasteiger partial charge >= 0.3 is 0 Å². The van der Waals surface area contributed by atoms with Gasteiger partial charge in [-0.2, -0.15) is 5.10 Å². The van der Waals surface area contributed by atoms with Gasteiger partial charge in [-0.25, -0.2) is 4.68 Å². The Morgan fingerprint density at radius 1 is 1.07 bits per heavy atom. The Hall–Kier alpha value is -3.41. The Kier molecular flexibility index (Phi) is 5.66. The van der Waals surface area contributed by atoms with Crippen LogP contribution in [-0.2, 0) is 6.54 Å². The maximum Gasteiger partial charge on any atom is 0.272 e. The molecule has 6 nitrogen and oxygen atoms in total. The number of carbonyl (C=O) groups is 1. The van der Waals surface area contributed by atoms with E-state index in [1.165, 1.54) is 16.8 Å². The van der Waals surface area contributed by atoms with E-state index in [0.29, 0.717) is 12.3 Å². The van der Waals surface area contributed by atoms with Crippen LogP contribution in [0.5, 0.6) is 5.75 Å². The lowest BCUT2D eigenvalue weighted by Crippen LogP contribution is -2.31. The van der Waals surface area contributed by atoms with E-state index in [2.05, 4.69) is 10.4 Å². The second-order valence-corrected chi connectivity index (χ2v) is 6.14. The second kappa shape index (κ2) is 8.31. The van der Waals surface area contributed by atoms with Crippen LogP contribution in [0.25, 0.3) is 0 Å². The number of nitrogens with one attached hydrogen (secondary N) is 1. The molecule has 2 aromatic carbocycles. The van der Waals surface area contributed by atoms with Crippen LogP contribution in [0.3, 0.4) is 0 Å². The van der Waals surface area contributed by atoms with Crippen LogP contribution in [0.4, 0.5) is 0 Å². The Morgan fingerprint density at radius 3 is 2.52 bits per heavy atom. The lowest BCUT2D eigenvalue weighted by molar-refractivity contribution is 0.0932. The van der Waals surface area contributed by atoms with Crippen molar-refractivity contribution in [3.63, 3.8) is 0 Å². The van der Waals surface area contributed by atoms with Crippen molar-refractivity contribution in [3.05, 3.63) is 93.9 Å². The summed E-state index contributed by atoms with van der Waals surface area (Å²) in [6.07, 6.45) is 0. The minimum atomic E-state index is -0.352. The molecule has 0 radical (unpaired) electrons. The van der Waals surface area contributed by atoms with Crippen molar-refractivity contribution in [2.24, 2.45) is 0 Å². The van der Waals surface area contributed by atoms with Gasteiger partial charge in [-0.15, -0.1) is 0 Å². The minimum Gasteiger partial charge on any atom is -0.496 e. The molecule has 1 aromatic heterocycles. The summed E-state index contributed by atoms with van der Waals surface area (Å²) in [4.78, 5) is 24.7. The van der Waals surface area contributed by atoms with Crippen molar-refractivity contribution in [2.45, 2.75) is 19.5 Å². The van der Waals surface area contributed by atoms with Gasteiger partial charge in [0.05, 0.1) is 19.7 Å². The Morgan fingerprint density at radius 2 is 1.78 bits per heavy atom. The summed E-state index contributed by atoms with van der Waals surface area (Å²) in [6, 6.07) is 19.5. The van der Waals surface area contributed by atoms with Gasteiger partial charge in [-0.3, -0.25) is 9.59 Å². The number of nitrogens with zero attached hydrogens (tertiary/aromatic N) is 2. The topological polar surface area (TPSA) is 73.2 Å². The van der Waals surface area contributed by atoms with E-state index in [4.69, 9.17) is 4.74 Å². The molecule has 0 aliphatic carbocycles. The third-order valence-electron chi connectivity index (χ3n) is 4.23. The standard InChI is InChI=1S/C21H21N3O3/c1-15(17-10-6-7-11-19(17)27-2)22-21(26)18-12-13-20(25)24(23-18)14-16-8-4-3-5-9-16/h3-13,15H,14H2,1-2H3,(H,22,26)/t15-/m1/s1. The fourth-order valence-electron chi connectivity index (χ4n) is 2.81. The second-order valence-electron chi connectivity index (χ2n) is 6.14. The summed E-state index contributed by atoms with van der Waals surface area (Å²) in [7, 11) is 1.59. The van der Waals surface area contributed by atoms with Crippen molar-refractivity contribution in [2.75, 3.05) is 7.11 Å². The van der Waals surface area contributed by atoms with Crippen LogP contribution in [-0.4, -0.2) is 22.8 Å². The summed E-state index contributed by atoms with van der Waals surface area (Å²) in [6.45, 7) is 2.18. The maximum atomic E-state index is 12.6. The van der Waals surface area contributed by atoms with Gasteiger partial charge in [0, 0.05) is 11.6 Å². The largest absolute Gasteiger partial charge is 0.496 e. The number of carbonyl (C=O) groups excluding carboxylic acids is 1. The molecule has 0 spiro atoms. The average Bonchev–Trinajstić information content (AvgIpc) is 2.70. The van der Waals surface area contributed by atoms with Gasteiger partial charge in [-0.05, 0) is 24.6 Å². The molecule has 0 aliphatic heterocycles. The van der Waals surface area contributed by atoms with Crippen LogP contribution < -0.4 is 15.6 Å². The number of aromatic nitrogens is 2. The third-order valence-corrected chi connectivity index (χ3v) is 4.23. The lowest BCUT2D eigenvalue weighted by atomic mass is 10.1. The van der Waals surface area contributed by atoms with Crippen molar-refractivity contribution >= 4 is 5.91 Å². The van der Waals surface area contributed by atoms with Crippen molar-refractivity contribution in [1.29, 1.82) is 0 Å². The molecule has 0 saturated carbocycles. The summed E-state index contributed by atoms with van der Waals surface area (Å²) in [5, 5.41) is 7.12. The van der Waals surface area contributed by atoms with Crippen LogP contribution in [0.2, 0.25) is 0 Å². The third kappa shape index (κ3) is 4.41. The predicted octanol–water partition coefficient (Wildman–Crippen LogP) is 2.79. The SMILES string of the molecule is COc1ccccc1[C@@H](C)NC(=O)c1ccc(=O)n(Cc2ccccc2)n1. The van der Waals surface area contributed by atoms with Gasteiger partial charge < -0.3 is 10.1 Å². The zero-order valence-electron chi connectivity index (χ0n) is 15.3. The van der Waals surface area contributed by atoms with Crippen molar-refractivity contribution < 1.29 is 9.53 Å². The fourth-order valence-corrected chi connectivity index (χ4v) is 2.81. The zero-order chi connectivity index (χ0) is 19.2. The van der Waals surface area contributed by atoms with Crippen LogP contribution >= 0.6 is 0 Å². The maximum absolute atomic E-state index is 12.6. The molecule has 0 bridgehead atoms. The fraction of sp³-hybridized carbons (Fsp3) is 0.190. The lowest BCUT2D eigenvalue weighted by Gasteiger charge is -2.17. The Labute approximate surface area is 157 Å². The molecule has 0 fully saturated rings. The summed E-state index contributed by atoms with van der Waals surface area (Å²) in [5.74, 6) is 0.350. The predicted molar refractivity (Wildman–Crippen MR) is 103 cm³/mol. The first-order valence-electron chi connectivity index (χ1n) is 8.64. The molecule has 1 heterocycles. The Bertz CT molecular complexity index is 983. The molecule has 0 saturated heterocycles. The molecule has 3 rings (SSSR count). The zero-order valence-corrected chi connectivity index (χ0v) is 15.3. The highest BCUT2D eigenvalue weighted by molar-refractivity contribution is 5.92. The molecule has 3 aromatic rings. The molecule has 1 N–H and O–H groups in total. The Balaban J connectivity index is 1.79. The van der Waals surface area contributed by atoms with Gasteiger partial charge in [0.1, 0.15) is 11.4 Å². The summed E-state index contributed by atoms with van der Waals surface area (Å²) >= 11 is 0. The molecule has 27 heavy (non-hydrogen) atoms. The van der Waals surface area contributed by atoms with Crippen molar-refractivity contribution in [1.82, 2.24) is 15.1 Å². The van der Waals surface area contributed by atoms with E-state index in [0.717, 1.165) is 11.1 Å². The van der Waals surface area contributed by atoms with Crippen LogP contribution in [0.15, 0.2) is 71.5 Å². The highest BCUT2D eigenvalue weighted by atomic mass is 16.5. The molecule has 1 atom stereocenters. The number of hydrogen-bond donors (Lipinski definition) is 1. The number of amides is 1. The van der Waals surface area contributed by atoms with Crippen LogP contribution in [0, 0.1) is 0 Å². The van der Waals surface area contributed by atoms with E-state index in [-0.39, 0.29) is 23.2 Å². The molecule has 0 aliphatic rings. The quantitative estimate of drug-likeness (QED) is 0.731. The van der Waals surface area contributed by atoms with E-state index in [1.807, 2.05) is 61.5 Å². The number of rotatable bonds is 6. The van der Waals surface area contributed by atoms with Crippen LogP contribution in [0.1, 0.15) is 34.6 Å². The summed E-state index contributed by atoms with van der Waals surface area (Å²) < 4.78 is 6.63. The van der Waals surface area contributed by atoms with Crippen molar-refractivity contribution in [3.8, 4) is 5.75 Å². The first kappa shape index (κ1) is 18.4. The van der Waals surface area contributed by atoms with E-state index >= 15 is 0 Å². The molecular weight excluding hydrogens is 342 g/mol. The van der Waals surface area contributed by atoms with Gasteiger partial charge in [0.25, 0.3) is 11.5 Å². The smallest absolute Gasteiger partial charge is 0.272 e. The first-order valence-corrected chi connectivity index (χ1v) is 8.64. The number of methoxy groups -OCH3 is 1. The monoisotopic (exact) mass is 363 g/mol. The highest BCUT2D eigenvalue weighted by Gasteiger charge is 2.16. The number of benzene rings is 2. The van der Waals surface area contributed by atoms with E-state index < -0.39 is 0 Å². The summed E-state index contributed by atoms with van der Waals surface area (Å²) in [5.41, 5.74) is 1.73. The van der Waals surface area contributed by atoms with E-state index in [1.54, 1.807) is 7.11 Å². The number of para-hydroxylation sites is 1. The number of hydrogen-bond acceptors (Lipinski definition) is 4. The minimum absolute atomic E-state index is 0.187. The highest BCUT2D eigenvalue weighted by Crippen LogP contribution is 2.24. The molecule has 1 amide bonds.